The zero-order valence-corrected chi connectivity index (χ0v) is 10.3. The maximum atomic E-state index is 5.20. The number of hydrogen-bond acceptors (Lipinski definition) is 3. The Morgan fingerprint density at radius 2 is 2.13 bits per heavy atom. The highest BCUT2D eigenvalue weighted by Gasteiger charge is 2.40. The van der Waals surface area contributed by atoms with Crippen LogP contribution in [0.1, 0.15) is 26.7 Å². The Kier molecular flexibility index (Phi) is 3.33. The molecular formula is C12H24N2O. The average Bonchev–Trinajstić information content (AvgIpc) is 2.97. The van der Waals surface area contributed by atoms with E-state index in [9.17, 15) is 0 Å². The van der Waals surface area contributed by atoms with E-state index in [1.807, 2.05) is 0 Å². The molecule has 0 aromatic heterocycles. The molecule has 88 valence electrons. The maximum absolute atomic E-state index is 5.20. The highest BCUT2D eigenvalue weighted by Crippen LogP contribution is 2.36. The first kappa shape index (κ1) is 11.4. The van der Waals surface area contributed by atoms with Gasteiger partial charge in [-0.3, -0.25) is 4.90 Å². The highest BCUT2D eigenvalue weighted by atomic mass is 16.5. The van der Waals surface area contributed by atoms with Crippen molar-refractivity contribution in [3.63, 3.8) is 0 Å². The van der Waals surface area contributed by atoms with Crippen molar-refractivity contribution in [3.05, 3.63) is 0 Å². The SMILES string of the molecule is COCCN1CC(C)(C)NCC1C1CC1. The molecule has 0 radical (unpaired) electrons. The second-order valence-electron chi connectivity index (χ2n) is 5.63. The number of methoxy groups -OCH3 is 1. The predicted molar refractivity (Wildman–Crippen MR) is 62.0 cm³/mol. The molecule has 1 saturated carbocycles. The minimum atomic E-state index is 0.263. The first-order chi connectivity index (χ1) is 7.12. The van der Waals surface area contributed by atoms with E-state index in [2.05, 4.69) is 24.1 Å². The topological polar surface area (TPSA) is 24.5 Å². The van der Waals surface area contributed by atoms with Crippen LogP contribution < -0.4 is 5.32 Å². The number of nitrogens with one attached hydrogen (secondary N) is 1. The fraction of sp³-hybridized carbons (Fsp3) is 1.00. The van der Waals surface area contributed by atoms with E-state index in [0.717, 1.165) is 38.2 Å². The quantitative estimate of drug-likeness (QED) is 0.755. The van der Waals surface area contributed by atoms with Gasteiger partial charge in [0, 0.05) is 38.3 Å². The number of hydrogen-bond donors (Lipinski definition) is 1. The number of nitrogens with zero attached hydrogens (tertiary/aromatic N) is 1. The van der Waals surface area contributed by atoms with E-state index in [1.165, 1.54) is 12.8 Å². The van der Waals surface area contributed by atoms with Gasteiger partial charge in [0.1, 0.15) is 0 Å². The third kappa shape index (κ3) is 2.92. The lowest BCUT2D eigenvalue weighted by molar-refractivity contribution is 0.0553. The van der Waals surface area contributed by atoms with Crippen molar-refractivity contribution in [2.75, 3.05) is 33.4 Å². The van der Waals surface area contributed by atoms with Gasteiger partial charge in [-0.1, -0.05) is 0 Å². The van der Waals surface area contributed by atoms with Crippen LogP contribution in [0.2, 0.25) is 0 Å². The molecule has 2 fully saturated rings. The van der Waals surface area contributed by atoms with Gasteiger partial charge in [0.25, 0.3) is 0 Å². The normalized spacial score (nSPS) is 31.8. The minimum Gasteiger partial charge on any atom is -0.383 e. The van der Waals surface area contributed by atoms with Gasteiger partial charge in [0.2, 0.25) is 0 Å². The number of piperazine rings is 1. The molecule has 15 heavy (non-hydrogen) atoms. The molecule has 1 atom stereocenters. The van der Waals surface area contributed by atoms with E-state index in [0.29, 0.717) is 0 Å². The van der Waals surface area contributed by atoms with Gasteiger partial charge in [-0.2, -0.15) is 0 Å². The van der Waals surface area contributed by atoms with Gasteiger partial charge in [0.05, 0.1) is 6.61 Å². The van der Waals surface area contributed by atoms with Crippen molar-refractivity contribution in [2.24, 2.45) is 5.92 Å². The third-order valence-electron chi connectivity index (χ3n) is 3.61. The molecule has 1 heterocycles. The van der Waals surface area contributed by atoms with Crippen LogP contribution in [-0.4, -0.2) is 49.8 Å². The summed E-state index contributed by atoms with van der Waals surface area (Å²) in [5.41, 5.74) is 0.263. The van der Waals surface area contributed by atoms with Crippen LogP contribution in [0.3, 0.4) is 0 Å². The third-order valence-corrected chi connectivity index (χ3v) is 3.61. The lowest BCUT2D eigenvalue weighted by Gasteiger charge is -2.45. The van der Waals surface area contributed by atoms with Crippen molar-refractivity contribution < 1.29 is 4.74 Å². The Bertz CT molecular complexity index is 214. The molecule has 0 amide bonds. The predicted octanol–water partition coefficient (Wildman–Crippen LogP) is 1.10. The summed E-state index contributed by atoms with van der Waals surface area (Å²) in [5, 5.41) is 3.65. The largest absolute Gasteiger partial charge is 0.383 e. The number of ether oxygens (including phenoxy) is 1. The molecular weight excluding hydrogens is 188 g/mol. The van der Waals surface area contributed by atoms with Gasteiger partial charge < -0.3 is 10.1 Å². The van der Waals surface area contributed by atoms with Crippen molar-refractivity contribution in [1.29, 1.82) is 0 Å². The van der Waals surface area contributed by atoms with E-state index >= 15 is 0 Å². The summed E-state index contributed by atoms with van der Waals surface area (Å²) in [5.74, 6) is 0.949. The van der Waals surface area contributed by atoms with Crippen LogP contribution in [-0.2, 0) is 4.74 Å². The lowest BCUT2D eigenvalue weighted by Crippen LogP contribution is -2.62. The smallest absolute Gasteiger partial charge is 0.0589 e. The molecule has 3 heteroatoms. The average molecular weight is 212 g/mol. The second kappa shape index (κ2) is 4.40. The van der Waals surface area contributed by atoms with Crippen molar-refractivity contribution in [3.8, 4) is 0 Å². The summed E-state index contributed by atoms with van der Waals surface area (Å²) in [4.78, 5) is 2.62. The van der Waals surface area contributed by atoms with Crippen LogP contribution in [0.5, 0.6) is 0 Å². The zero-order valence-electron chi connectivity index (χ0n) is 10.3. The molecule has 1 aliphatic carbocycles. The molecule has 1 unspecified atom stereocenters. The van der Waals surface area contributed by atoms with Gasteiger partial charge in [-0.25, -0.2) is 0 Å². The molecule has 0 bridgehead atoms. The highest BCUT2D eigenvalue weighted by molar-refractivity contribution is 4.98. The molecule has 1 saturated heterocycles. The van der Waals surface area contributed by atoms with Crippen LogP contribution in [0.25, 0.3) is 0 Å². The van der Waals surface area contributed by atoms with E-state index < -0.39 is 0 Å². The molecule has 0 aromatic carbocycles. The summed E-state index contributed by atoms with van der Waals surface area (Å²) in [6.07, 6.45) is 2.85. The summed E-state index contributed by atoms with van der Waals surface area (Å²) in [6.45, 7) is 8.83. The first-order valence-electron chi connectivity index (χ1n) is 6.10. The van der Waals surface area contributed by atoms with Crippen LogP contribution in [0.15, 0.2) is 0 Å². The fourth-order valence-corrected chi connectivity index (χ4v) is 2.59. The molecule has 0 spiro atoms. The second-order valence-corrected chi connectivity index (χ2v) is 5.63. The standard InChI is InChI=1S/C12H24N2O/c1-12(2)9-14(6-7-15-3)11(8-13-12)10-4-5-10/h10-11,13H,4-9H2,1-3H3. The van der Waals surface area contributed by atoms with Gasteiger partial charge >= 0.3 is 0 Å². The number of rotatable bonds is 4. The van der Waals surface area contributed by atoms with Gasteiger partial charge in [-0.05, 0) is 32.6 Å². The first-order valence-corrected chi connectivity index (χ1v) is 6.10. The Hall–Kier alpha value is -0.120. The molecule has 2 aliphatic rings. The Balaban J connectivity index is 1.92. The molecule has 0 aromatic rings. The lowest BCUT2D eigenvalue weighted by atomic mass is 9.96. The molecule has 3 nitrogen and oxygen atoms in total. The van der Waals surface area contributed by atoms with E-state index in [4.69, 9.17) is 4.74 Å². The van der Waals surface area contributed by atoms with Crippen LogP contribution in [0.4, 0.5) is 0 Å². The van der Waals surface area contributed by atoms with E-state index in [-0.39, 0.29) is 5.54 Å². The van der Waals surface area contributed by atoms with E-state index in [1.54, 1.807) is 7.11 Å². The molecule has 1 N–H and O–H groups in total. The summed E-state index contributed by atoms with van der Waals surface area (Å²) < 4.78 is 5.20. The van der Waals surface area contributed by atoms with Crippen molar-refractivity contribution >= 4 is 0 Å². The summed E-state index contributed by atoms with van der Waals surface area (Å²) in [6, 6.07) is 0.758. The van der Waals surface area contributed by atoms with Crippen molar-refractivity contribution in [2.45, 2.75) is 38.3 Å². The summed E-state index contributed by atoms with van der Waals surface area (Å²) in [7, 11) is 1.79. The van der Waals surface area contributed by atoms with Crippen molar-refractivity contribution in [1.82, 2.24) is 10.2 Å². The summed E-state index contributed by atoms with van der Waals surface area (Å²) >= 11 is 0. The monoisotopic (exact) mass is 212 g/mol. The van der Waals surface area contributed by atoms with Crippen LogP contribution >= 0.6 is 0 Å². The Morgan fingerprint density at radius 1 is 1.40 bits per heavy atom. The molecule has 2 rings (SSSR count). The minimum absolute atomic E-state index is 0.263. The Labute approximate surface area is 93.2 Å². The van der Waals surface area contributed by atoms with Crippen LogP contribution in [0, 0.1) is 5.92 Å². The fourth-order valence-electron chi connectivity index (χ4n) is 2.59. The van der Waals surface area contributed by atoms with Gasteiger partial charge in [-0.15, -0.1) is 0 Å². The zero-order chi connectivity index (χ0) is 10.9. The Morgan fingerprint density at radius 3 is 2.73 bits per heavy atom. The maximum Gasteiger partial charge on any atom is 0.0589 e. The molecule has 1 aliphatic heterocycles. The van der Waals surface area contributed by atoms with Gasteiger partial charge in [0.15, 0.2) is 0 Å².